The van der Waals surface area contributed by atoms with Crippen LogP contribution in [0.25, 0.3) is 0 Å². The first-order valence-electron chi connectivity index (χ1n) is 5.17. The first-order chi connectivity index (χ1) is 7.65. The van der Waals surface area contributed by atoms with Gasteiger partial charge in [-0.3, -0.25) is 4.21 Å². The SMILES string of the molecule is Nc1cc(Cl)cnc1NC1CCS(=O)CC1. The van der Waals surface area contributed by atoms with Gasteiger partial charge in [0.05, 0.1) is 10.7 Å². The van der Waals surface area contributed by atoms with Crippen molar-refractivity contribution in [3.8, 4) is 0 Å². The van der Waals surface area contributed by atoms with Gasteiger partial charge in [-0.25, -0.2) is 4.98 Å². The van der Waals surface area contributed by atoms with Crippen molar-refractivity contribution in [2.45, 2.75) is 18.9 Å². The van der Waals surface area contributed by atoms with Crippen LogP contribution >= 0.6 is 11.6 Å². The Bertz CT molecular complexity index is 403. The van der Waals surface area contributed by atoms with Crippen LogP contribution in [0.4, 0.5) is 11.5 Å². The zero-order valence-corrected chi connectivity index (χ0v) is 10.4. The van der Waals surface area contributed by atoms with E-state index in [2.05, 4.69) is 10.3 Å². The van der Waals surface area contributed by atoms with Crippen LogP contribution in [0.2, 0.25) is 5.02 Å². The molecule has 2 heterocycles. The van der Waals surface area contributed by atoms with Crippen LogP contribution in [0.1, 0.15) is 12.8 Å². The Morgan fingerprint density at radius 2 is 2.19 bits per heavy atom. The van der Waals surface area contributed by atoms with Gasteiger partial charge in [0, 0.05) is 34.5 Å². The number of nitrogens with zero attached hydrogens (tertiary/aromatic N) is 1. The Kier molecular flexibility index (Phi) is 3.66. The van der Waals surface area contributed by atoms with Gasteiger partial charge in [0.2, 0.25) is 0 Å². The van der Waals surface area contributed by atoms with Gasteiger partial charge in [0.15, 0.2) is 0 Å². The Morgan fingerprint density at radius 3 is 2.81 bits per heavy atom. The van der Waals surface area contributed by atoms with Gasteiger partial charge >= 0.3 is 0 Å². The maximum Gasteiger partial charge on any atom is 0.149 e. The molecule has 0 bridgehead atoms. The van der Waals surface area contributed by atoms with Crippen molar-refractivity contribution in [2.75, 3.05) is 22.6 Å². The smallest absolute Gasteiger partial charge is 0.149 e. The number of pyridine rings is 1. The van der Waals surface area contributed by atoms with Gasteiger partial charge in [0.1, 0.15) is 5.82 Å². The fourth-order valence-corrected chi connectivity index (χ4v) is 3.17. The fraction of sp³-hybridized carbons (Fsp3) is 0.500. The van der Waals surface area contributed by atoms with Crippen molar-refractivity contribution in [2.24, 2.45) is 0 Å². The molecule has 0 amide bonds. The summed E-state index contributed by atoms with van der Waals surface area (Å²) in [5.41, 5.74) is 6.35. The minimum absolute atomic E-state index is 0.314. The van der Waals surface area contributed by atoms with E-state index in [-0.39, 0.29) is 0 Å². The van der Waals surface area contributed by atoms with Crippen molar-refractivity contribution in [3.05, 3.63) is 17.3 Å². The van der Waals surface area contributed by atoms with Gasteiger partial charge in [-0.2, -0.15) is 0 Å². The lowest BCUT2D eigenvalue weighted by Crippen LogP contribution is -2.30. The predicted octanol–water partition coefficient (Wildman–Crippen LogP) is 1.64. The zero-order valence-electron chi connectivity index (χ0n) is 8.78. The summed E-state index contributed by atoms with van der Waals surface area (Å²) in [6, 6.07) is 1.99. The second-order valence-corrected chi connectivity index (χ2v) is 5.99. The zero-order chi connectivity index (χ0) is 11.5. The molecule has 6 heteroatoms. The molecular formula is C10H14ClN3OS. The summed E-state index contributed by atoms with van der Waals surface area (Å²) in [7, 11) is -0.641. The lowest BCUT2D eigenvalue weighted by atomic mass is 10.1. The van der Waals surface area contributed by atoms with E-state index in [0.29, 0.717) is 22.6 Å². The van der Waals surface area contributed by atoms with Gasteiger partial charge < -0.3 is 11.1 Å². The minimum atomic E-state index is -0.641. The van der Waals surface area contributed by atoms with E-state index in [0.717, 1.165) is 24.3 Å². The second kappa shape index (κ2) is 5.01. The van der Waals surface area contributed by atoms with E-state index in [1.54, 1.807) is 12.3 Å². The van der Waals surface area contributed by atoms with Gasteiger partial charge in [-0.1, -0.05) is 11.6 Å². The summed E-state index contributed by atoms with van der Waals surface area (Å²) in [5, 5.41) is 3.80. The molecule has 0 unspecified atom stereocenters. The van der Waals surface area contributed by atoms with Crippen molar-refractivity contribution in [3.63, 3.8) is 0 Å². The van der Waals surface area contributed by atoms with Crippen LogP contribution in [0.15, 0.2) is 12.3 Å². The highest BCUT2D eigenvalue weighted by Crippen LogP contribution is 2.22. The predicted molar refractivity (Wildman–Crippen MR) is 68.2 cm³/mol. The molecule has 0 saturated carbocycles. The summed E-state index contributed by atoms with van der Waals surface area (Å²) in [6.45, 7) is 0. The Hall–Kier alpha value is -0.810. The lowest BCUT2D eigenvalue weighted by Gasteiger charge is -2.23. The average molecular weight is 260 g/mol. The molecule has 0 radical (unpaired) electrons. The molecule has 0 atom stereocenters. The summed E-state index contributed by atoms with van der Waals surface area (Å²) in [6.07, 6.45) is 3.37. The summed E-state index contributed by atoms with van der Waals surface area (Å²) in [4.78, 5) is 4.15. The Labute approximate surface area is 102 Å². The van der Waals surface area contributed by atoms with Crippen LogP contribution < -0.4 is 11.1 Å². The normalized spacial score (nSPS) is 25.3. The van der Waals surface area contributed by atoms with Crippen molar-refractivity contribution in [1.82, 2.24) is 4.98 Å². The first-order valence-corrected chi connectivity index (χ1v) is 7.04. The third-order valence-corrected chi connectivity index (χ3v) is 4.20. The van der Waals surface area contributed by atoms with E-state index in [1.807, 2.05) is 0 Å². The number of hydrogen-bond acceptors (Lipinski definition) is 4. The number of halogens is 1. The standard InChI is InChI=1S/C10H14ClN3OS/c11-7-5-9(12)10(13-6-7)14-8-1-3-16(15)4-2-8/h5-6,8H,1-4,12H2,(H,13,14). The number of nitrogens with two attached hydrogens (primary N) is 1. The molecule has 1 aliphatic heterocycles. The molecule has 0 aromatic carbocycles. The highest BCUT2D eigenvalue weighted by molar-refractivity contribution is 7.85. The largest absolute Gasteiger partial charge is 0.396 e. The first kappa shape index (κ1) is 11.7. The molecule has 3 N–H and O–H groups in total. The maximum atomic E-state index is 11.2. The van der Waals surface area contributed by atoms with Gasteiger partial charge in [-0.05, 0) is 18.9 Å². The maximum absolute atomic E-state index is 11.2. The van der Waals surface area contributed by atoms with Crippen LogP contribution in [-0.2, 0) is 10.8 Å². The molecule has 0 aliphatic carbocycles. The number of nitrogens with one attached hydrogen (secondary N) is 1. The van der Waals surface area contributed by atoms with Crippen LogP contribution in [-0.4, -0.2) is 26.7 Å². The molecule has 1 fully saturated rings. The molecule has 1 aromatic heterocycles. The summed E-state index contributed by atoms with van der Waals surface area (Å²) in [5.74, 6) is 2.18. The summed E-state index contributed by atoms with van der Waals surface area (Å²) >= 11 is 5.77. The number of nitrogen functional groups attached to an aromatic ring is 1. The van der Waals surface area contributed by atoms with Crippen LogP contribution in [0, 0.1) is 0 Å². The van der Waals surface area contributed by atoms with Crippen LogP contribution in [0.5, 0.6) is 0 Å². The van der Waals surface area contributed by atoms with Crippen molar-refractivity contribution >= 4 is 33.9 Å². The molecular weight excluding hydrogens is 246 g/mol. The molecule has 1 aliphatic rings. The van der Waals surface area contributed by atoms with E-state index in [4.69, 9.17) is 17.3 Å². The topological polar surface area (TPSA) is 68.0 Å². The van der Waals surface area contributed by atoms with E-state index in [9.17, 15) is 4.21 Å². The Balaban J connectivity index is 2.01. The number of anilines is 2. The van der Waals surface area contributed by atoms with E-state index in [1.165, 1.54) is 0 Å². The Morgan fingerprint density at radius 1 is 1.50 bits per heavy atom. The van der Waals surface area contributed by atoms with E-state index < -0.39 is 10.8 Å². The number of rotatable bonds is 2. The number of hydrogen-bond donors (Lipinski definition) is 2. The average Bonchev–Trinajstić information content (AvgIpc) is 2.25. The third kappa shape index (κ3) is 2.86. The van der Waals surface area contributed by atoms with Crippen molar-refractivity contribution in [1.29, 1.82) is 0 Å². The monoisotopic (exact) mass is 259 g/mol. The highest BCUT2D eigenvalue weighted by Gasteiger charge is 2.18. The highest BCUT2D eigenvalue weighted by atomic mass is 35.5. The van der Waals surface area contributed by atoms with Crippen molar-refractivity contribution < 1.29 is 4.21 Å². The van der Waals surface area contributed by atoms with E-state index >= 15 is 0 Å². The number of aromatic nitrogens is 1. The third-order valence-electron chi connectivity index (χ3n) is 2.61. The molecule has 1 saturated heterocycles. The molecule has 88 valence electrons. The minimum Gasteiger partial charge on any atom is -0.396 e. The second-order valence-electron chi connectivity index (χ2n) is 3.86. The quantitative estimate of drug-likeness (QED) is 0.847. The fourth-order valence-electron chi connectivity index (χ4n) is 1.71. The van der Waals surface area contributed by atoms with Gasteiger partial charge in [0.25, 0.3) is 0 Å². The molecule has 1 aromatic rings. The summed E-state index contributed by atoms with van der Waals surface area (Å²) < 4.78 is 11.2. The molecule has 16 heavy (non-hydrogen) atoms. The molecule has 2 rings (SSSR count). The molecule has 0 spiro atoms. The molecule has 4 nitrogen and oxygen atoms in total. The lowest BCUT2D eigenvalue weighted by molar-refractivity contribution is 0.623. The van der Waals surface area contributed by atoms with Gasteiger partial charge in [-0.15, -0.1) is 0 Å². The van der Waals surface area contributed by atoms with Crippen LogP contribution in [0.3, 0.4) is 0 Å².